The lowest BCUT2D eigenvalue weighted by Crippen LogP contribution is -2.46. The van der Waals surface area contributed by atoms with Gasteiger partial charge in [0.1, 0.15) is 0 Å². The van der Waals surface area contributed by atoms with Crippen molar-refractivity contribution in [2.75, 3.05) is 0 Å². The highest BCUT2D eigenvalue weighted by molar-refractivity contribution is 7.90. The third-order valence-electron chi connectivity index (χ3n) is 0.715. The Morgan fingerprint density at radius 1 is 1.25 bits per heavy atom. The van der Waals surface area contributed by atoms with Gasteiger partial charge in [0, 0.05) is 5.54 Å². The second kappa shape index (κ2) is 2.88. The van der Waals surface area contributed by atoms with Crippen molar-refractivity contribution >= 4 is 10.0 Å². The molecule has 0 aliphatic rings. The van der Waals surface area contributed by atoms with E-state index in [-0.39, 0.29) is 0 Å². The molecule has 0 aromatic heterocycles. The summed E-state index contributed by atoms with van der Waals surface area (Å²) in [5, 5.41) is 0. The van der Waals surface area contributed by atoms with E-state index < -0.39 is 21.1 Å². The fourth-order valence-corrected chi connectivity index (χ4v) is 1.26. The van der Waals surface area contributed by atoms with Crippen LogP contribution >= 0.6 is 0 Å². The molecule has 1 radical (unpaired) electrons. The van der Waals surface area contributed by atoms with Gasteiger partial charge >= 0.3 is 15.5 Å². The van der Waals surface area contributed by atoms with E-state index in [4.69, 9.17) is 0 Å². The molecule has 3 nitrogen and oxygen atoms in total. The van der Waals surface area contributed by atoms with Crippen LogP contribution in [0.1, 0.15) is 13.8 Å². The summed E-state index contributed by atoms with van der Waals surface area (Å²) in [5.41, 5.74) is -6.64. The van der Waals surface area contributed by atoms with Crippen LogP contribution in [0.15, 0.2) is 0 Å². The first kappa shape index (κ1) is 11.7. The number of halogens is 3. The summed E-state index contributed by atoms with van der Waals surface area (Å²) in [5.74, 6) is 0. The predicted molar refractivity (Wildman–Crippen MR) is 37.5 cm³/mol. The monoisotopic (exact) mass is 204 g/mol. The zero-order valence-electron chi connectivity index (χ0n) is 6.57. The number of rotatable bonds is 2. The van der Waals surface area contributed by atoms with Crippen molar-refractivity contribution in [1.82, 2.24) is 4.72 Å². The maximum atomic E-state index is 11.7. The van der Waals surface area contributed by atoms with Crippen molar-refractivity contribution < 1.29 is 21.6 Å². The third kappa shape index (κ3) is 3.40. The van der Waals surface area contributed by atoms with E-state index in [1.807, 2.05) is 0 Å². The summed E-state index contributed by atoms with van der Waals surface area (Å²) in [6.45, 7) is 5.62. The quantitative estimate of drug-likeness (QED) is 0.730. The zero-order chi connectivity index (χ0) is 10.2. The Hall–Kier alpha value is -0.300. The maximum Gasteiger partial charge on any atom is 0.511 e. The van der Waals surface area contributed by atoms with E-state index in [2.05, 4.69) is 6.92 Å². The molecule has 0 heterocycles. The highest BCUT2D eigenvalue weighted by Crippen LogP contribution is 2.23. The normalized spacial score (nSPS) is 14.8. The van der Waals surface area contributed by atoms with Gasteiger partial charge in [0.05, 0.1) is 0 Å². The number of hydrogen-bond donors (Lipinski definition) is 1. The van der Waals surface area contributed by atoms with Crippen molar-refractivity contribution in [2.45, 2.75) is 24.9 Å². The fraction of sp³-hybridized carbons (Fsp3) is 0.800. The molecule has 0 aromatic carbocycles. The topological polar surface area (TPSA) is 46.2 Å². The Labute approximate surface area is 69.0 Å². The molecule has 73 valence electrons. The van der Waals surface area contributed by atoms with E-state index in [0.29, 0.717) is 0 Å². The van der Waals surface area contributed by atoms with Crippen LogP contribution in [0.4, 0.5) is 13.2 Å². The predicted octanol–water partition coefficient (Wildman–Crippen LogP) is 1.04. The number of hydrogen-bond acceptors (Lipinski definition) is 2. The average Bonchev–Trinajstić information content (AvgIpc) is 1.52. The molecule has 0 aliphatic carbocycles. The highest BCUT2D eigenvalue weighted by Gasteiger charge is 2.47. The van der Waals surface area contributed by atoms with Gasteiger partial charge in [0.15, 0.2) is 0 Å². The summed E-state index contributed by atoms with van der Waals surface area (Å²) in [4.78, 5) is 0. The van der Waals surface area contributed by atoms with Crippen LogP contribution in [0.25, 0.3) is 0 Å². The van der Waals surface area contributed by atoms with Crippen molar-refractivity contribution in [3.05, 3.63) is 6.92 Å². The molecule has 0 rings (SSSR count). The largest absolute Gasteiger partial charge is 0.511 e. The number of alkyl halides is 3. The SMILES string of the molecule is [CH2]C(C)(C)NS(=O)(=O)C(F)(F)F. The second-order valence-corrected chi connectivity index (χ2v) is 4.61. The Morgan fingerprint density at radius 3 is 1.67 bits per heavy atom. The molecule has 0 spiro atoms. The minimum absolute atomic E-state index is 1.22. The average molecular weight is 204 g/mol. The fourth-order valence-electron chi connectivity index (χ4n) is 0.422. The van der Waals surface area contributed by atoms with E-state index in [9.17, 15) is 21.6 Å². The van der Waals surface area contributed by atoms with Gasteiger partial charge in [-0.25, -0.2) is 13.1 Å². The minimum Gasteiger partial charge on any atom is -0.203 e. The van der Waals surface area contributed by atoms with Crippen LogP contribution in [0.5, 0.6) is 0 Å². The van der Waals surface area contributed by atoms with Crippen molar-refractivity contribution in [3.8, 4) is 0 Å². The van der Waals surface area contributed by atoms with Gasteiger partial charge in [-0.3, -0.25) is 0 Å². The molecule has 0 saturated heterocycles. The van der Waals surface area contributed by atoms with Crippen LogP contribution in [-0.4, -0.2) is 19.5 Å². The minimum atomic E-state index is -5.28. The first-order valence-corrected chi connectivity index (χ1v) is 4.40. The molecule has 0 fully saturated rings. The van der Waals surface area contributed by atoms with E-state index >= 15 is 0 Å². The third-order valence-corrected chi connectivity index (χ3v) is 2.15. The van der Waals surface area contributed by atoms with Crippen LogP contribution in [0.2, 0.25) is 0 Å². The van der Waals surface area contributed by atoms with Crippen LogP contribution in [0, 0.1) is 6.92 Å². The molecule has 12 heavy (non-hydrogen) atoms. The summed E-state index contributed by atoms with van der Waals surface area (Å²) >= 11 is 0. The molecule has 0 aliphatic heterocycles. The molecule has 1 N–H and O–H groups in total. The lowest BCUT2D eigenvalue weighted by molar-refractivity contribution is -0.0453. The first-order valence-electron chi connectivity index (χ1n) is 2.91. The Kier molecular flexibility index (Phi) is 2.81. The Balaban J connectivity index is 4.70. The zero-order valence-corrected chi connectivity index (χ0v) is 7.38. The molecule has 7 heteroatoms. The van der Waals surface area contributed by atoms with Crippen molar-refractivity contribution in [2.24, 2.45) is 0 Å². The summed E-state index contributed by atoms with van der Waals surface area (Å²) in [7, 11) is -5.27. The molecule has 0 amide bonds. The standard InChI is InChI=1S/C5H9F3NO2S/c1-4(2,3)9-12(10,11)5(6,7)8/h9H,1H2,2-3H3. The van der Waals surface area contributed by atoms with Crippen LogP contribution < -0.4 is 4.72 Å². The summed E-state index contributed by atoms with van der Waals surface area (Å²) in [6.07, 6.45) is 0. The first-order chi connectivity index (χ1) is 4.96. The number of nitrogens with one attached hydrogen (secondary N) is 1. The smallest absolute Gasteiger partial charge is 0.203 e. The van der Waals surface area contributed by atoms with Gasteiger partial charge in [-0.05, 0) is 20.8 Å². The molecule has 0 aromatic rings. The van der Waals surface area contributed by atoms with Gasteiger partial charge in [0.2, 0.25) is 0 Å². The van der Waals surface area contributed by atoms with Crippen molar-refractivity contribution in [3.63, 3.8) is 0 Å². The molecular weight excluding hydrogens is 195 g/mol. The summed E-state index contributed by atoms with van der Waals surface area (Å²) < 4.78 is 57.2. The Bertz CT molecular complexity index is 249. The molecule has 0 unspecified atom stereocenters. The van der Waals surface area contributed by atoms with E-state index in [1.165, 1.54) is 18.6 Å². The maximum absolute atomic E-state index is 11.7. The second-order valence-electron chi connectivity index (χ2n) is 2.94. The van der Waals surface area contributed by atoms with E-state index in [0.717, 1.165) is 0 Å². The van der Waals surface area contributed by atoms with Gasteiger partial charge in [-0.15, -0.1) is 0 Å². The van der Waals surface area contributed by atoms with Gasteiger partial charge in [-0.2, -0.15) is 13.2 Å². The molecule has 0 bridgehead atoms. The number of sulfonamides is 1. The Morgan fingerprint density at radius 2 is 1.58 bits per heavy atom. The van der Waals surface area contributed by atoms with Crippen molar-refractivity contribution in [1.29, 1.82) is 0 Å². The lowest BCUT2D eigenvalue weighted by Gasteiger charge is -2.20. The van der Waals surface area contributed by atoms with Gasteiger partial charge in [0.25, 0.3) is 0 Å². The van der Waals surface area contributed by atoms with Crippen LogP contribution in [0.3, 0.4) is 0 Å². The lowest BCUT2D eigenvalue weighted by atomic mass is 10.1. The summed E-state index contributed by atoms with van der Waals surface area (Å²) in [6, 6.07) is 0. The molecule has 0 atom stereocenters. The molecule has 0 saturated carbocycles. The molecular formula is C5H9F3NO2S. The van der Waals surface area contributed by atoms with Gasteiger partial charge in [-0.1, -0.05) is 0 Å². The van der Waals surface area contributed by atoms with Gasteiger partial charge < -0.3 is 0 Å². The highest BCUT2D eigenvalue weighted by atomic mass is 32.2. The van der Waals surface area contributed by atoms with Crippen LogP contribution in [-0.2, 0) is 10.0 Å². The van der Waals surface area contributed by atoms with E-state index in [1.54, 1.807) is 0 Å².